The fraction of sp³-hybridized carbons (Fsp3) is 0.400. The van der Waals surface area contributed by atoms with Gasteiger partial charge in [0.05, 0.1) is 17.6 Å². The Morgan fingerprint density at radius 3 is 3.00 bits per heavy atom. The minimum Gasteiger partial charge on any atom is -0.363 e. The summed E-state index contributed by atoms with van der Waals surface area (Å²) in [4.78, 5) is 3.14. The van der Waals surface area contributed by atoms with Crippen LogP contribution in [-0.2, 0) is 23.1 Å². The van der Waals surface area contributed by atoms with E-state index in [0.29, 0.717) is 13.1 Å². The Morgan fingerprint density at radius 1 is 1.47 bits per heavy atom. The number of sulfonamides is 1. The van der Waals surface area contributed by atoms with Crippen LogP contribution in [0.2, 0.25) is 0 Å². The number of aromatic nitrogens is 4. The normalized spacial score (nSPS) is 11.8. The molecule has 104 valence electrons. The van der Waals surface area contributed by atoms with Crippen molar-refractivity contribution < 1.29 is 8.42 Å². The van der Waals surface area contributed by atoms with E-state index in [1.165, 1.54) is 6.20 Å². The summed E-state index contributed by atoms with van der Waals surface area (Å²) in [5, 5.41) is 10.3. The maximum absolute atomic E-state index is 12.0. The summed E-state index contributed by atoms with van der Waals surface area (Å²) < 4.78 is 28.0. The third-order valence-corrected chi connectivity index (χ3v) is 3.94. The maximum Gasteiger partial charge on any atom is 0.242 e. The molecule has 0 fully saturated rings. The van der Waals surface area contributed by atoms with Gasteiger partial charge in [-0.1, -0.05) is 5.21 Å². The molecular formula is C10H16N6O2S. The first-order chi connectivity index (χ1) is 9.12. The Balaban J connectivity index is 1.93. The lowest BCUT2D eigenvalue weighted by molar-refractivity contribution is 0.553. The van der Waals surface area contributed by atoms with Gasteiger partial charge >= 0.3 is 0 Å². The topological polar surface area (TPSA) is 105 Å². The molecule has 0 spiro atoms. The summed E-state index contributed by atoms with van der Waals surface area (Å²) in [7, 11) is -1.68. The van der Waals surface area contributed by atoms with E-state index in [-0.39, 0.29) is 11.4 Å². The molecule has 0 saturated carbocycles. The van der Waals surface area contributed by atoms with E-state index >= 15 is 0 Å². The predicted molar refractivity (Wildman–Crippen MR) is 68.8 cm³/mol. The van der Waals surface area contributed by atoms with Crippen molar-refractivity contribution in [2.75, 3.05) is 13.6 Å². The quantitative estimate of drug-likeness (QED) is 0.624. The summed E-state index contributed by atoms with van der Waals surface area (Å²) in [5.41, 5.74) is 0.819. The van der Waals surface area contributed by atoms with E-state index in [4.69, 9.17) is 0 Å². The molecule has 0 bridgehead atoms. The zero-order chi connectivity index (χ0) is 13.7. The van der Waals surface area contributed by atoms with Gasteiger partial charge in [0.15, 0.2) is 0 Å². The highest BCUT2D eigenvalue weighted by molar-refractivity contribution is 7.89. The predicted octanol–water partition coefficient (Wildman–Crippen LogP) is -0.696. The molecule has 9 heteroatoms. The lowest BCUT2D eigenvalue weighted by Gasteiger charge is -2.04. The van der Waals surface area contributed by atoms with Gasteiger partial charge in [-0.05, 0) is 13.1 Å². The third-order valence-electron chi connectivity index (χ3n) is 2.50. The van der Waals surface area contributed by atoms with Crippen LogP contribution in [0.15, 0.2) is 29.6 Å². The van der Waals surface area contributed by atoms with Crippen molar-refractivity contribution in [1.29, 1.82) is 0 Å². The Labute approximate surface area is 111 Å². The molecule has 0 amide bonds. The highest BCUT2D eigenvalue weighted by atomic mass is 32.2. The van der Waals surface area contributed by atoms with E-state index in [0.717, 1.165) is 5.69 Å². The molecule has 0 aliphatic rings. The van der Waals surface area contributed by atoms with E-state index in [1.807, 2.05) is 0 Å². The van der Waals surface area contributed by atoms with Gasteiger partial charge in [0.2, 0.25) is 10.0 Å². The van der Waals surface area contributed by atoms with Crippen molar-refractivity contribution in [3.8, 4) is 0 Å². The van der Waals surface area contributed by atoms with Crippen LogP contribution in [0, 0.1) is 0 Å². The Morgan fingerprint density at radius 2 is 2.32 bits per heavy atom. The summed E-state index contributed by atoms with van der Waals surface area (Å²) in [6.07, 6.45) is 4.70. The van der Waals surface area contributed by atoms with Crippen LogP contribution in [0.5, 0.6) is 0 Å². The minimum atomic E-state index is -3.48. The Kier molecular flexibility index (Phi) is 4.30. The number of aromatic amines is 1. The SMILES string of the molecule is CNCc1cc(S(=O)(=O)NCCn2ccnn2)c[nH]1. The van der Waals surface area contributed by atoms with Crippen LogP contribution >= 0.6 is 0 Å². The van der Waals surface area contributed by atoms with Crippen molar-refractivity contribution >= 4 is 10.0 Å². The van der Waals surface area contributed by atoms with Crippen LogP contribution in [0.25, 0.3) is 0 Å². The van der Waals surface area contributed by atoms with Gasteiger partial charge in [-0.15, -0.1) is 5.10 Å². The molecule has 8 nitrogen and oxygen atoms in total. The van der Waals surface area contributed by atoms with Gasteiger partial charge in [-0.25, -0.2) is 13.1 Å². The Hall–Kier alpha value is -1.71. The van der Waals surface area contributed by atoms with Gasteiger partial charge in [-0.3, -0.25) is 4.68 Å². The monoisotopic (exact) mass is 284 g/mol. The third kappa shape index (κ3) is 3.63. The highest BCUT2D eigenvalue weighted by Gasteiger charge is 2.15. The molecule has 2 rings (SSSR count). The summed E-state index contributed by atoms with van der Waals surface area (Å²) in [6.45, 7) is 1.29. The van der Waals surface area contributed by atoms with Crippen molar-refractivity contribution in [3.05, 3.63) is 30.4 Å². The molecule has 2 aromatic heterocycles. The average molecular weight is 284 g/mol. The van der Waals surface area contributed by atoms with Gasteiger partial charge in [0.1, 0.15) is 0 Å². The summed E-state index contributed by atoms with van der Waals surface area (Å²) >= 11 is 0. The molecule has 0 aromatic carbocycles. The second-order valence-electron chi connectivity index (χ2n) is 3.95. The molecular weight excluding hydrogens is 268 g/mol. The van der Waals surface area contributed by atoms with Crippen LogP contribution in [-0.4, -0.2) is 42.0 Å². The van der Waals surface area contributed by atoms with Gasteiger partial charge in [0.25, 0.3) is 0 Å². The minimum absolute atomic E-state index is 0.233. The maximum atomic E-state index is 12.0. The van der Waals surface area contributed by atoms with Crippen molar-refractivity contribution in [1.82, 2.24) is 30.0 Å². The number of H-pyrrole nitrogens is 1. The molecule has 2 aromatic rings. The van der Waals surface area contributed by atoms with Crippen LogP contribution < -0.4 is 10.0 Å². The number of nitrogens with zero attached hydrogens (tertiary/aromatic N) is 3. The molecule has 19 heavy (non-hydrogen) atoms. The van der Waals surface area contributed by atoms with Crippen LogP contribution in [0.1, 0.15) is 5.69 Å². The summed E-state index contributed by atoms with van der Waals surface area (Å²) in [5.74, 6) is 0. The van der Waals surface area contributed by atoms with E-state index in [2.05, 4.69) is 25.3 Å². The van der Waals surface area contributed by atoms with Crippen LogP contribution in [0.4, 0.5) is 0 Å². The molecule has 0 atom stereocenters. The molecule has 0 saturated heterocycles. The molecule has 2 heterocycles. The van der Waals surface area contributed by atoms with E-state index in [9.17, 15) is 8.42 Å². The highest BCUT2D eigenvalue weighted by Crippen LogP contribution is 2.10. The first kappa shape index (κ1) is 13.7. The van der Waals surface area contributed by atoms with Gasteiger partial charge in [-0.2, -0.15) is 0 Å². The second-order valence-corrected chi connectivity index (χ2v) is 5.72. The number of nitrogens with one attached hydrogen (secondary N) is 3. The average Bonchev–Trinajstić information content (AvgIpc) is 3.00. The second kappa shape index (κ2) is 5.95. The molecule has 0 unspecified atom stereocenters. The number of rotatable bonds is 7. The molecule has 0 aliphatic heterocycles. The standard InChI is InChI=1S/C10H16N6O2S/c1-11-7-9-6-10(8-12-9)19(17,18)14-3-5-16-4-2-13-15-16/h2,4,6,8,11-12,14H,3,5,7H2,1H3. The Bertz CT molecular complexity index is 604. The van der Waals surface area contributed by atoms with Crippen molar-refractivity contribution in [2.24, 2.45) is 0 Å². The fourth-order valence-corrected chi connectivity index (χ4v) is 2.63. The lowest BCUT2D eigenvalue weighted by atomic mass is 10.4. The molecule has 0 aliphatic carbocycles. The fourth-order valence-electron chi connectivity index (χ4n) is 1.60. The lowest BCUT2D eigenvalue weighted by Crippen LogP contribution is -2.27. The number of hydrogen-bond donors (Lipinski definition) is 3. The molecule has 0 radical (unpaired) electrons. The zero-order valence-electron chi connectivity index (χ0n) is 10.5. The van der Waals surface area contributed by atoms with Gasteiger partial charge in [0, 0.05) is 31.2 Å². The number of hydrogen-bond acceptors (Lipinski definition) is 5. The summed E-state index contributed by atoms with van der Waals surface area (Å²) in [6, 6.07) is 1.61. The smallest absolute Gasteiger partial charge is 0.242 e. The largest absolute Gasteiger partial charge is 0.363 e. The van der Waals surface area contributed by atoms with Crippen molar-refractivity contribution in [3.63, 3.8) is 0 Å². The first-order valence-electron chi connectivity index (χ1n) is 5.77. The van der Waals surface area contributed by atoms with E-state index < -0.39 is 10.0 Å². The van der Waals surface area contributed by atoms with Crippen molar-refractivity contribution in [2.45, 2.75) is 18.0 Å². The zero-order valence-corrected chi connectivity index (χ0v) is 11.3. The first-order valence-corrected chi connectivity index (χ1v) is 7.26. The molecule has 3 N–H and O–H groups in total. The van der Waals surface area contributed by atoms with E-state index in [1.54, 1.807) is 30.2 Å². The van der Waals surface area contributed by atoms with Gasteiger partial charge < -0.3 is 10.3 Å². The van der Waals surface area contributed by atoms with Crippen LogP contribution in [0.3, 0.4) is 0 Å².